The Kier molecular flexibility index (Phi) is 3.53. The summed E-state index contributed by atoms with van der Waals surface area (Å²) in [5.74, 6) is 0.493. The number of hydrogen-bond donors (Lipinski definition) is 2. The van der Waals surface area contributed by atoms with E-state index < -0.39 is 5.60 Å². The molecule has 0 bridgehead atoms. The molecule has 0 aromatic rings. The van der Waals surface area contributed by atoms with Crippen LogP contribution in [-0.2, 0) is 4.74 Å². The largest absolute Gasteiger partial charge is 0.444 e. The second-order valence-corrected chi connectivity index (χ2v) is 6.19. The molecule has 0 heterocycles. The van der Waals surface area contributed by atoms with Crippen molar-refractivity contribution >= 4 is 6.09 Å². The Morgan fingerprint density at radius 3 is 2.44 bits per heavy atom. The standard InChI is InChI=1S/C12H24N2O2/c1-11(2,3)16-10(15)14-9-6-8(7-13)12(9,4)5/h8-9H,6-7,13H2,1-5H3,(H,14,15)/t8-,9+/m0/s1. The van der Waals surface area contributed by atoms with Crippen molar-refractivity contribution in [3.8, 4) is 0 Å². The predicted octanol–water partition coefficient (Wildman–Crippen LogP) is 1.88. The highest BCUT2D eigenvalue weighted by atomic mass is 16.6. The number of hydrogen-bond acceptors (Lipinski definition) is 3. The van der Waals surface area contributed by atoms with Crippen LogP contribution in [0.15, 0.2) is 0 Å². The van der Waals surface area contributed by atoms with Crippen LogP contribution in [0.3, 0.4) is 0 Å². The predicted molar refractivity (Wildman–Crippen MR) is 64.1 cm³/mol. The van der Waals surface area contributed by atoms with E-state index in [0.29, 0.717) is 12.5 Å². The molecular formula is C12H24N2O2. The van der Waals surface area contributed by atoms with Crippen LogP contribution < -0.4 is 11.1 Å². The zero-order chi connectivity index (χ0) is 12.6. The molecule has 0 spiro atoms. The SMILES string of the molecule is CC(C)(C)OC(=O)N[C@@H]1C[C@@H](CN)C1(C)C. The summed E-state index contributed by atoms with van der Waals surface area (Å²) in [5.41, 5.74) is 5.30. The molecular weight excluding hydrogens is 204 g/mol. The van der Waals surface area contributed by atoms with Crippen molar-refractivity contribution in [1.82, 2.24) is 5.32 Å². The number of nitrogens with two attached hydrogens (primary N) is 1. The quantitative estimate of drug-likeness (QED) is 0.758. The lowest BCUT2D eigenvalue weighted by atomic mass is 9.58. The van der Waals surface area contributed by atoms with Gasteiger partial charge >= 0.3 is 6.09 Å². The Labute approximate surface area is 97.9 Å². The summed E-state index contributed by atoms with van der Waals surface area (Å²) in [7, 11) is 0. The van der Waals surface area contributed by atoms with Gasteiger partial charge in [0.2, 0.25) is 0 Å². The molecule has 94 valence electrons. The zero-order valence-corrected chi connectivity index (χ0v) is 11.0. The summed E-state index contributed by atoms with van der Waals surface area (Å²) in [5, 5.41) is 2.91. The first-order valence-electron chi connectivity index (χ1n) is 5.86. The summed E-state index contributed by atoms with van der Waals surface area (Å²) in [6.45, 7) is 10.5. The van der Waals surface area contributed by atoms with E-state index in [1.54, 1.807) is 0 Å². The van der Waals surface area contributed by atoms with Crippen molar-refractivity contribution in [1.29, 1.82) is 0 Å². The first-order chi connectivity index (χ1) is 7.16. The molecule has 1 aliphatic rings. The lowest BCUT2D eigenvalue weighted by Gasteiger charge is -2.51. The van der Waals surface area contributed by atoms with Gasteiger partial charge in [-0.05, 0) is 45.1 Å². The van der Waals surface area contributed by atoms with Crippen molar-refractivity contribution in [3.05, 3.63) is 0 Å². The van der Waals surface area contributed by atoms with E-state index in [0.717, 1.165) is 6.42 Å². The van der Waals surface area contributed by atoms with E-state index in [1.807, 2.05) is 20.8 Å². The van der Waals surface area contributed by atoms with Gasteiger partial charge in [-0.3, -0.25) is 0 Å². The first kappa shape index (κ1) is 13.3. The molecule has 1 aliphatic carbocycles. The average molecular weight is 228 g/mol. The zero-order valence-electron chi connectivity index (χ0n) is 11.0. The average Bonchev–Trinajstić information content (AvgIpc) is 2.08. The Hall–Kier alpha value is -0.770. The number of alkyl carbamates (subject to hydrolysis) is 1. The van der Waals surface area contributed by atoms with Gasteiger partial charge in [0.25, 0.3) is 0 Å². The van der Waals surface area contributed by atoms with Crippen LogP contribution in [0.1, 0.15) is 41.0 Å². The minimum Gasteiger partial charge on any atom is -0.444 e. The van der Waals surface area contributed by atoms with Crippen LogP contribution in [0.5, 0.6) is 0 Å². The second kappa shape index (κ2) is 4.24. The summed E-state index contributed by atoms with van der Waals surface area (Å²) < 4.78 is 5.22. The first-order valence-corrected chi connectivity index (χ1v) is 5.86. The fraction of sp³-hybridized carbons (Fsp3) is 0.917. The smallest absolute Gasteiger partial charge is 0.407 e. The number of carbonyl (C=O) groups is 1. The lowest BCUT2D eigenvalue weighted by molar-refractivity contribution is 0.00167. The van der Waals surface area contributed by atoms with Crippen molar-refractivity contribution in [2.45, 2.75) is 52.7 Å². The van der Waals surface area contributed by atoms with E-state index in [2.05, 4.69) is 19.2 Å². The highest BCUT2D eigenvalue weighted by Gasteiger charge is 2.48. The minimum atomic E-state index is -0.439. The van der Waals surface area contributed by atoms with E-state index in [4.69, 9.17) is 10.5 Å². The molecule has 1 amide bonds. The van der Waals surface area contributed by atoms with Gasteiger partial charge in [-0.1, -0.05) is 13.8 Å². The van der Waals surface area contributed by atoms with Crippen LogP contribution in [0.2, 0.25) is 0 Å². The third-order valence-corrected chi connectivity index (χ3v) is 3.45. The normalized spacial score (nSPS) is 28.1. The third-order valence-electron chi connectivity index (χ3n) is 3.45. The fourth-order valence-corrected chi connectivity index (χ4v) is 2.11. The van der Waals surface area contributed by atoms with Gasteiger partial charge in [-0.2, -0.15) is 0 Å². The lowest BCUT2D eigenvalue weighted by Crippen LogP contribution is -2.60. The molecule has 4 heteroatoms. The summed E-state index contributed by atoms with van der Waals surface area (Å²) in [4.78, 5) is 11.6. The number of ether oxygens (including phenoxy) is 1. The Bertz CT molecular complexity index is 269. The molecule has 1 fully saturated rings. The van der Waals surface area contributed by atoms with E-state index >= 15 is 0 Å². The van der Waals surface area contributed by atoms with Crippen molar-refractivity contribution < 1.29 is 9.53 Å². The van der Waals surface area contributed by atoms with E-state index in [1.165, 1.54) is 0 Å². The van der Waals surface area contributed by atoms with Crippen molar-refractivity contribution in [2.24, 2.45) is 17.1 Å². The van der Waals surface area contributed by atoms with Gasteiger partial charge in [0.15, 0.2) is 0 Å². The maximum Gasteiger partial charge on any atom is 0.407 e. The molecule has 16 heavy (non-hydrogen) atoms. The molecule has 0 radical (unpaired) electrons. The molecule has 3 N–H and O–H groups in total. The number of amides is 1. The second-order valence-electron chi connectivity index (χ2n) is 6.19. The van der Waals surface area contributed by atoms with Crippen LogP contribution in [0.4, 0.5) is 4.79 Å². The highest BCUT2D eigenvalue weighted by Crippen LogP contribution is 2.45. The molecule has 1 saturated carbocycles. The molecule has 4 nitrogen and oxygen atoms in total. The highest BCUT2D eigenvalue weighted by molar-refractivity contribution is 5.68. The van der Waals surface area contributed by atoms with E-state index in [9.17, 15) is 4.79 Å². The Morgan fingerprint density at radius 2 is 2.06 bits per heavy atom. The Balaban J connectivity index is 2.43. The Morgan fingerprint density at radius 1 is 1.50 bits per heavy atom. The molecule has 0 unspecified atom stereocenters. The van der Waals surface area contributed by atoms with Crippen LogP contribution in [0, 0.1) is 11.3 Å². The summed E-state index contributed by atoms with van der Waals surface area (Å²) >= 11 is 0. The molecule has 0 aliphatic heterocycles. The van der Waals surface area contributed by atoms with Gasteiger partial charge < -0.3 is 15.8 Å². The monoisotopic (exact) mass is 228 g/mol. The van der Waals surface area contributed by atoms with Gasteiger partial charge in [0.1, 0.15) is 5.60 Å². The van der Waals surface area contributed by atoms with E-state index in [-0.39, 0.29) is 17.6 Å². The molecule has 0 aromatic heterocycles. The molecule has 0 aromatic carbocycles. The topological polar surface area (TPSA) is 64.3 Å². The maximum atomic E-state index is 11.6. The van der Waals surface area contributed by atoms with Crippen LogP contribution in [-0.4, -0.2) is 24.3 Å². The van der Waals surface area contributed by atoms with Crippen molar-refractivity contribution in [2.75, 3.05) is 6.54 Å². The third kappa shape index (κ3) is 2.88. The van der Waals surface area contributed by atoms with Gasteiger partial charge in [0, 0.05) is 6.04 Å². The summed E-state index contributed by atoms with van der Waals surface area (Å²) in [6, 6.07) is 0.177. The van der Waals surface area contributed by atoms with Crippen LogP contribution >= 0.6 is 0 Å². The summed E-state index contributed by atoms with van der Waals surface area (Å²) in [6.07, 6.45) is 0.615. The molecule has 0 saturated heterocycles. The molecule has 2 atom stereocenters. The van der Waals surface area contributed by atoms with Gasteiger partial charge in [0.05, 0.1) is 0 Å². The number of rotatable bonds is 2. The number of carbonyl (C=O) groups excluding carboxylic acids is 1. The van der Waals surface area contributed by atoms with Gasteiger partial charge in [-0.15, -0.1) is 0 Å². The fourth-order valence-electron chi connectivity index (χ4n) is 2.11. The van der Waals surface area contributed by atoms with Crippen LogP contribution in [0.25, 0.3) is 0 Å². The maximum absolute atomic E-state index is 11.6. The van der Waals surface area contributed by atoms with Gasteiger partial charge in [-0.25, -0.2) is 4.79 Å². The molecule has 1 rings (SSSR count). The van der Waals surface area contributed by atoms with Crippen molar-refractivity contribution in [3.63, 3.8) is 0 Å². The minimum absolute atomic E-state index is 0.0751. The number of nitrogens with one attached hydrogen (secondary N) is 1.